The highest BCUT2D eigenvalue weighted by atomic mass is 32.2. The average molecular weight is 386 g/mol. The molecule has 1 aromatic rings. The van der Waals surface area contributed by atoms with Gasteiger partial charge in [-0.3, -0.25) is 10.1 Å². The van der Waals surface area contributed by atoms with Crippen molar-refractivity contribution in [2.24, 2.45) is 5.10 Å². The molecule has 25 heavy (non-hydrogen) atoms. The lowest BCUT2D eigenvalue weighted by Gasteiger charge is -2.10. The lowest BCUT2D eigenvalue weighted by molar-refractivity contribution is 0.486. The Kier molecular flexibility index (Phi) is 6.95. The number of sulfone groups is 1. The zero-order valence-electron chi connectivity index (χ0n) is 15.1. The topological polar surface area (TPSA) is 88.4 Å². The Bertz CT molecular complexity index is 740. The summed E-state index contributed by atoms with van der Waals surface area (Å²) in [6, 6.07) is -0.0832. The molecule has 0 unspecified atom stereocenters. The van der Waals surface area contributed by atoms with Crippen LogP contribution in [0.15, 0.2) is 5.10 Å². The summed E-state index contributed by atoms with van der Waals surface area (Å²) in [6.07, 6.45) is 5.73. The molecule has 1 atom stereocenters. The van der Waals surface area contributed by atoms with Crippen molar-refractivity contribution >= 4 is 33.4 Å². The van der Waals surface area contributed by atoms with Gasteiger partial charge in [0.15, 0.2) is 14.9 Å². The maximum Gasteiger partial charge on any atom is 0.186 e. The maximum atomic E-state index is 11.7. The van der Waals surface area contributed by atoms with E-state index in [1.165, 1.54) is 12.8 Å². The molecule has 1 saturated heterocycles. The van der Waals surface area contributed by atoms with E-state index in [1.807, 2.05) is 18.5 Å². The highest BCUT2D eigenvalue weighted by molar-refractivity contribution is 7.91. The highest BCUT2D eigenvalue weighted by Gasteiger charge is 2.31. The van der Waals surface area contributed by atoms with Crippen molar-refractivity contribution in [3.05, 3.63) is 17.0 Å². The molecular formula is C16H27N5O2S2. The molecule has 0 saturated carbocycles. The van der Waals surface area contributed by atoms with E-state index < -0.39 is 9.84 Å². The van der Waals surface area contributed by atoms with Crippen LogP contribution in [0.3, 0.4) is 0 Å². The van der Waals surface area contributed by atoms with E-state index in [4.69, 9.17) is 12.2 Å². The van der Waals surface area contributed by atoms with Crippen LogP contribution in [0.4, 0.5) is 0 Å². The van der Waals surface area contributed by atoms with Crippen LogP contribution in [0.25, 0.3) is 0 Å². The number of hydrogen-bond donors (Lipinski definition) is 2. The fraction of sp³-hybridized carbons (Fsp3) is 0.688. The molecule has 1 aliphatic rings. The highest BCUT2D eigenvalue weighted by Crippen LogP contribution is 2.26. The second-order valence-electron chi connectivity index (χ2n) is 6.42. The standard InChI is InChI=1S/C16H27N5O2S2/c1-4-5-6-8-17-16(24)19-18-10-15-12(2)20-21(13(15)3)14-7-9-25(22,23)11-14/h10,14H,4-9,11H2,1-3H3,(H2,17,19,24)/b18-10-/t14-/m0/s1. The number of nitrogens with one attached hydrogen (secondary N) is 2. The van der Waals surface area contributed by atoms with Gasteiger partial charge in [-0.1, -0.05) is 19.8 Å². The first-order valence-corrected chi connectivity index (χ1v) is 10.9. The molecule has 0 amide bonds. The van der Waals surface area contributed by atoms with Crippen molar-refractivity contribution in [2.45, 2.75) is 52.5 Å². The molecular weight excluding hydrogens is 358 g/mol. The zero-order valence-corrected chi connectivity index (χ0v) is 16.7. The second kappa shape index (κ2) is 8.75. The van der Waals surface area contributed by atoms with Crippen LogP contribution < -0.4 is 10.7 Å². The predicted molar refractivity (Wildman–Crippen MR) is 105 cm³/mol. The normalized spacial score (nSPS) is 19.4. The Hall–Kier alpha value is -1.48. The Labute approximate surface area is 155 Å². The van der Waals surface area contributed by atoms with Gasteiger partial charge in [0.05, 0.1) is 29.5 Å². The summed E-state index contributed by atoms with van der Waals surface area (Å²) in [6.45, 7) is 6.83. The van der Waals surface area contributed by atoms with Gasteiger partial charge in [-0.05, 0) is 38.9 Å². The first kappa shape index (κ1) is 19.8. The van der Waals surface area contributed by atoms with Crippen molar-refractivity contribution < 1.29 is 8.42 Å². The number of unbranched alkanes of at least 4 members (excludes halogenated alkanes) is 2. The maximum absolute atomic E-state index is 11.7. The molecule has 1 aromatic heterocycles. The van der Waals surface area contributed by atoms with Crippen LogP contribution in [0.1, 0.15) is 55.6 Å². The molecule has 9 heteroatoms. The molecule has 1 aliphatic heterocycles. The number of hydrazone groups is 1. The van der Waals surface area contributed by atoms with Gasteiger partial charge in [-0.15, -0.1) is 0 Å². The van der Waals surface area contributed by atoms with E-state index in [-0.39, 0.29) is 17.5 Å². The van der Waals surface area contributed by atoms with Gasteiger partial charge in [0.1, 0.15) is 0 Å². The van der Waals surface area contributed by atoms with Crippen LogP contribution in [0.2, 0.25) is 0 Å². The van der Waals surface area contributed by atoms with E-state index in [2.05, 4.69) is 27.9 Å². The number of thiocarbonyl (C=S) groups is 1. The number of aryl methyl sites for hydroxylation is 1. The molecule has 0 bridgehead atoms. The molecule has 0 aliphatic carbocycles. The minimum Gasteiger partial charge on any atom is -0.361 e. The van der Waals surface area contributed by atoms with Gasteiger partial charge in [-0.2, -0.15) is 10.2 Å². The van der Waals surface area contributed by atoms with Crippen LogP contribution in [-0.2, 0) is 9.84 Å². The van der Waals surface area contributed by atoms with Crippen LogP contribution in [-0.4, -0.2) is 47.6 Å². The SMILES string of the molecule is CCCCCNC(=S)N/N=C\c1c(C)nn([C@H]2CCS(=O)(=O)C2)c1C. The van der Waals surface area contributed by atoms with Gasteiger partial charge in [0.2, 0.25) is 0 Å². The summed E-state index contributed by atoms with van der Waals surface area (Å²) >= 11 is 5.18. The van der Waals surface area contributed by atoms with Gasteiger partial charge < -0.3 is 5.32 Å². The number of nitrogens with zero attached hydrogens (tertiary/aromatic N) is 3. The summed E-state index contributed by atoms with van der Waals surface area (Å²) in [7, 11) is -2.94. The van der Waals surface area contributed by atoms with E-state index in [1.54, 1.807) is 6.21 Å². The Morgan fingerprint density at radius 3 is 2.84 bits per heavy atom. The summed E-state index contributed by atoms with van der Waals surface area (Å²) in [5.74, 6) is 0.397. The summed E-state index contributed by atoms with van der Waals surface area (Å²) in [5.41, 5.74) is 5.46. The molecule has 140 valence electrons. The van der Waals surface area contributed by atoms with Gasteiger partial charge in [0, 0.05) is 17.8 Å². The van der Waals surface area contributed by atoms with Crippen molar-refractivity contribution in [3.63, 3.8) is 0 Å². The fourth-order valence-electron chi connectivity index (χ4n) is 2.96. The molecule has 2 rings (SSSR count). The average Bonchev–Trinajstić information content (AvgIpc) is 3.04. The third-order valence-electron chi connectivity index (χ3n) is 4.36. The lowest BCUT2D eigenvalue weighted by atomic mass is 10.2. The smallest absolute Gasteiger partial charge is 0.186 e. The molecule has 7 nitrogen and oxygen atoms in total. The van der Waals surface area contributed by atoms with Crippen LogP contribution in [0.5, 0.6) is 0 Å². The Morgan fingerprint density at radius 1 is 1.44 bits per heavy atom. The van der Waals surface area contributed by atoms with Gasteiger partial charge in [0.25, 0.3) is 0 Å². The van der Waals surface area contributed by atoms with Crippen molar-refractivity contribution in [3.8, 4) is 0 Å². The Balaban J connectivity index is 1.95. The van der Waals surface area contributed by atoms with Crippen molar-refractivity contribution in [1.82, 2.24) is 20.5 Å². The number of rotatable bonds is 7. The van der Waals surface area contributed by atoms with Crippen LogP contribution >= 0.6 is 12.2 Å². The lowest BCUT2D eigenvalue weighted by Crippen LogP contribution is -2.32. The zero-order chi connectivity index (χ0) is 18.4. The van der Waals surface area contributed by atoms with E-state index in [9.17, 15) is 8.42 Å². The van der Waals surface area contributed by atoms with Crippen molar-refractivity contribution in [2.75, 3.05) is 18.1 Å². The van der Waals surface area contributed by atoms with Gasteiger partial charge >= 0.3 is 0 Å². The minimum absolute atomic E-state index is 0.0832. The van der Waals surface area contributed by atoms with Crippen molar-refractivity contribution in [1.29, 1.82) is 0 Å². The number of hydrogen-bond acceptors (Lipinski definition) is 5. The Morgan fingerprint density at radius 2 is 2.20 bits per heavy atom. The molecule has 1 fully saturated rings. The van der Waals surface area contributed by atoms with Gasteiger partial charge in [-0.25, -0.2) is 8.42 Å². The summed E-state index contributed by atoms with van der Waals surface area (Å²) < 4.78 is 25.2. The van der Waals surface area contributed by atoms with Crippen LogP contribution in [0, 0.1) is 13.8 Å². The number of aromatic nitrogens is 2. The second-order valence-corrected chi connectivity index (χ2v) is 9.06. The minimum atomic E-state index is -2.94. The summed E-state index contributed by atoms with van der Waals surface area (Å²) in [4.78, 5) is 0. The fourth-order valence-corrected chi connectivity index (χ4v) is 4.80. The van der Waals surface area contributed by atoms with E-state index in [0.717, 1.165) is 29.9 Å². The summed E-state index contributed by atoms with van der Waals surface area (Å²) in [5, 5.41) is 12.3. The molecule has 0 radical (unpaired) electrons. The molecule has 2 heterocycles. The largest absolute Gasteiger partial charge is 0.361 e. The quantitative estimate of drug-likeness (QED) is 0.322. The first-order chi connectivity index (χ1) is 11.8. The third-order valence-corrected chi connectivity index (χ3v) is 6.35. The van der Waals surface area contributed by atoms with E-state index in [0.29, 0.717) is 11.5 Å². The first-order valence-electron chi connectivity index (χ1n) is 8.67. The molecule has 0 aromatic carbocycles. The molecule has 2 N–H and O–H groups in total. The molecule has 0 spiro atoms. The van der Waals surface area contributed by atoms with E-state index >= 15 is 0 Å². The monoisotopic (exact) mass is 385 g/mol. The third kappa shape index (κ3) is 5.50. The predicted octanol–water partition coefficient (Wildman–Crippen LogP) is 1.85.